The highest BCUT2D eigenvalue weighted by Gasteiger charge is 2.50. The van der Waals surface area contributed by atoms with Crippen LogP contribution < -0.4 is 10.3 Å². The fourth-order valence-electron chi connectivity index (χ4n) is 7.49. The predicted molar refractivity (Wildman–Crippen MR) is 185 cm³/mol. The van der Waals surface area contributed by atoms with Crippen LogP contribution in [-0.4, -0.2) is 4.57 Å². The third kappa shape index (κ3) is 3.63. The monoisotopic (exact) mass is 596 g/mol. The van der Waals surface area contributed by atoms with Crippen LogP contribution in [0.15, 0.2) is 166 Å². The van der Waals surface area contributed by atoms with Crippen molar-refractivity contribution < 1.29 is 0 Å². The summed E-state index contributed by atoms with van der Waals surface area (Å²) in [5, 5.41) is 0.713. The molecule has 6 aromatic carbocycles. The molecule has 2 aliphatic rings. The van der Waals surface area contributed by atoms with E-state index in [1.165, 1.54) is 32.0 Å². The lowest BCUT2D eigenvalue weighted by Crippen LogP contribution is -2.39. The largest absolute Gasteiger partial charge is 0.316 e. The molecule has 0 N–H and O–H groups in total. The average molecular weight is 597 g/mol. The molecule has 0 amide bonds. The van der Waals surface area contributed by atoms with E-state index in [1.807, 2.05) is 49.1 Å². The van der Waals surface area contributed by atoms with E-state index in [0.717, 1.165) is 33.8 Å². The zero-order chi connectivity index (χ0) is 30.1. The van der Waals surface area contributed by atoms with Crippen molar-refractivity contribution in [3.05, 3.63) is 190 Å². The summed E-state index contributed by atoms with van der Waals surface area (Å²) in [5.41, 5.74) is 10.6. The van der Waals surface area contributed by atoms with Crippen molar-refractivity contribution in [2.45, 2.75) is 22.1 Å². The molecule has 0 saturated heterocycles. The Morgan fingerprint density at radius 3 is 1.71 bits per heavy atom. The number of aryl methyl sites for hydroxylation is 1. The second-order valence-corrected chi connectivity index (χ2v) is 12.8. The summed E-state index contributed by atoms with van der Waals surface area (Å²) in [6.07, 6.45) is 1.96. The zero-order valence-corrected chi connectivity index (χ0v) is 25.5. The molecule has 9 rings (SSSR count). The SMILES string of the molecule is Cc1cn(-c2ccccc2)c2cc(N3c4ccccc4C4(c5ccccc5Sc5ccccc54)c4ccccc43)ccc2c1=O. The molecule has 1 spiro atoms. The van der Waals surface area contributed by atoms with Crippen molar-refractivity contribution in [1.82, 2.24) is 4.57 Å². The van der Waals surface area contributed by atoms with Gasteiger partial charge in [0.1, 0.15) is 0 Å². The Hall–Kier alpha value is -5.32. The molecule has 0 aliphatic carbocycles. The number of nitrogens with zero attached hydrogens (tertiary/aromatic N) is 2. The first-order chi connectivity index (χ1) is 22.2. The van der Waals surface area contributed by atoms with Gasteiger partial charge in [0.15, 0.2) is 5.43 Å². The molecule has 214 valence electrons. The Bertz CT molecular complexity index is 2260. The van der Waals surface area contributed by atoms with Crippen molar-refractivity contribution >= 4 is 39.7 Å². The molecule has 1 aromatic heterocycles. The van der Waals surface area contributed by atoms with Gasteiger partial charge >= 0.3 is 0 Å². The molecule has 7 aromatic rings. The van der Waals surface area contributed by atoms with Gasteiger partial charge in [-0.15, -0.1) is 0 Å². The third-order valence-electron chi connectivity index (χ3n) is 9.36. The molecule has 45 heavy (non-hydrogen) atoms. The standard InChI is InChI=1S/C41H28N2OS/c1-27-26-42(28-13-3-2-4-14-28)37-25-29(23-24-30(37)40(27)44)43-35-19-9-5-15-31(35)41(32-16-6-10-20-36(32)43)33-17-7-11-21-38(33)45-39-22-12-8-18-34(39)41/h2-26H,1H3. The van der Waals surface area contributed by atoms with Crippen LogP contribution in [0.25, 0.3) is 16.6 Å². The van der Waals surface area contributed by atoms with Crippen LogP contribution in [0, 0.1) is 6.92 Å². The van der Waals surface area contributed by atoms with Gasteiger partial charge in [-0.25, -0.2) is 0 Å². The highest BCUT2D eigenvalue weighted by atomic mass is 32.2. The van der Waals surface area contributed by atoms with Gasteiger partial charge in [0.05, 0.1) is 22.3 Å². The maximum absolute atomic E-state index is 13.4. The van der Waals surface area contributed by atoms with Gasteiger partial charge in [0.25, 0.3) is 0 Å². The number of fused-ring (bicyclic) bond motifs is 9. The lowest BCUT2D eigenvalue weighted by molar-refractivity contribution is 0.692. The number of anilines is 3. The molecule has 0 atom stereocenters. The van der Waals surface area contributed by atoms with Gasteiger partial charge in [-0.3, -0.25) is 4.79 Å². The molecule has 3 heterocycles. The molecule has 0 bridgehead atoms. The molecule has 0 radical (unpaired) electrons. The first kappa shape index (κ1) is 26.1. The van der Waals surface area contributed by atoms with Gasteiger partial charge < -0.3 is 9.47 Å². The van der Waals surface area contributed by atoms with Gasteiger partial charge in [-0.2, -0.15) is 0 Å². The number of para-hydroxylation sites is 3. The molecule has 3 nitrogen and oxygen atoms in total. The summed E-state index contributed by atoms with van der Waals surface area (Å²) in [4.78, 5) is 18.3. The predicted octanol–water partition coefficient (Wildman–Crippen LogP) is 9.93. The molecule has 0 unspecified atom stereocenters. The van der Waals surface area contributed by atoms with Crippen LogP contribution in [0.3, 0.4) is 0 Å². The van der Waals surface area contributed by atoms with Crippen molar-refractivity contribution in [1.29, 1.82) is 0 Å². The van der Waals surface area contributed by atoms with Crippen molar-refractivity contribution in [3.63, 3.8) is 0 Å². The quantitative estimate of drug-likeness (QED) is 0.199. The van der Waals surface area contributed by atoms with Gasteiger partial charge in [-0.1, -0.05) is 103 Å². The fraction of sp³-hybridized carbons (Fsp3) is 0.0488. The first-order valence-electron chi connectivity index (χ1n) is 15.2. The smallest absolute Gasteiger partial charge is 0.192 e. The van der Waals surface area contributed by atoms with Crippen LogP contribution >= 0.6 is 11.8 Å². The summed E-state index contributed by atoms with van der Waals surface area (Å²) in [6, 6.07) is 51.9. The topological polar surface area (TPSA) is 25.2 Å². The van der Waals surface area contributed by atoms with Crippen molar-refractivity contribution in [3.8, 4) is 5.69 Å². The highest BCUT2D eigenvalue weighted by molar-refractivity contribution is 7.99. The van der Waals surface area contributed by atoms with Gasteiger partial charge in [-0.05, 0) is 83.8 Å². The van der Waals surface area contributed by atoms with E-state index in [4.69, 9.17) is 0 Å². The average Bonchev–Trinajstić information content (AvgIpc) is 3.10. The highest BCUT2D eigenvalue weighted by Crippen LogP contribution is 2.62. The Morgan fingerprint density at radius 1 is 0.556 bits per heavy atom. The molecule has 0 fully saturated rings. The van der Waals surface area contributed by atoms with Crippen molar-refractivity contribution in [2.75, 3.05) is 4.90 Å². The lowest BCUT2D eigenvalue weighted by atomic mass is 9.62. The second kappa shape index (κ2) is 9.85. The fourth-order valence-corrected chi connectivity index (χ4v) is 8.68. The number of benzene rings is 6. The van der Waals surface area contributed by atoms with E-state index in [2.05, 4.69) is 131 Å². The van der Waals surface area contributed by atoms with Crippen molar-refractivity contribution in [2.24, 2.45) is 0 Å². The number of rotatable bonds is 2. The minimum atomic E-state index is -0.484. The van der Waals surface area contributed by atoms with E-state index >= 15 is 0 Å². The number of hydrogen-bond acceptors (Lipinski definition) is 3. The van der Waals surface area contributed by atoms with E-state index < -0.39 is 5.41 Å². The summed E-state index contributed by atoms with van der Waals surface area (Å²) >= 11 is 1.85. The van der Waals surface area contributed by atoms with Crippen LogP contribution in [0.5, 0.6) is 0 Å². The summed E-state index contributed by atoms with van der Waals surface area (Å²) in [5.74, 6) is 0. The maximum atomic E-state index is 13.4. The minimum absolute atomic E-state index is 0.0649. The minimum Gasteiger partial charge on any atom is -0.316 e. The van der Waals surface area contributed by atoms with Gasteiger partial charge in [0.2, 0.25) is 0 Å². The van der Waals surface area contributed by atoms with Crippen LogP contribution in [0.1, 0.15) is 27.8 Å². The molecular formula is C41H28N2OS. The number of aromatic nitrogens is 1. The lowest BCUT2D eigenvalue weighted by Gasteiger charge is -2.49. The second-order valence-electron chi connectivity index (χ2n) is 11.8. The summed E-state index contributed by atoms with van der Waals surface area (Å²) in [6.45, 7) is 1.89. The molecule has 4 heteroatoms. The normalized spacial score (nSPS) is 14.0. The Balaban J connectivity index is 1.37. The summed E-state index contributed by atoms with van der Waals surface area (Å²) in [7, 11) is 0. The van der Waals surface area contributed by atoms with E-state index in [0.29, 0.717) is 5.39 Å². The number of hydrogen-bond donors (Lipinski definition) is 0. The van der Waals surface area contributed by atoms with E-state index in [-0.39, 0.29) is 5.43 Å². The molecule has 0 saturated carbocycles. The maximum Gasteiger partial charge on any atom is 0.192 e. The summed E-state index contributed by atoms with van der Waals surface area (Å²) < 4.78 is 2.14. The number of pyridine rings is 1. The van der Waals surface area contributed by atoms with E-state index in [1.54, 1.807) is 0 Å². The molecular weight excluding hydrogens is 569 g/mol. The van der Waals surface area contributed by atoms with Gasteiger partial charge in [0, 0.05) is 38.3 Å². The Labute approximate surface area is 266 Å². The Kier molecular flexibility index (Phi) is 5.71. The first-order valence-corrected chi connectivity index (χ1v) is 16.1. The Morgan fingerprint density at radius 2 is 1.09 bits per heavy atom. The zero-order valence-electron chi connectivity index (χ0n) is 24.6. The third-order valence-corrected chi connectivity index (χ3v) is 10.5. The van der Waals surface area contributed by atoms with E-state index in [9.17, 15) is 4.79 Å². The van der Waals surface area contributed by atoms with Crippen LogP contribution in [0.2, 0.25) is 0 Å². The van der Waals surface area contributed by atoms with Crippen LogP contribution in [-0.2, 0) is 5.41 Å². The van der Waals surface area contributed by atoms with Crippen LogP contribution in [0.4, 0.5) is 17.1 Å². The molecule has 2 aliphatic heterocycles.